The molecule has 0 spiro atoms. The van der Waals surface area contributed by atoms with E-state index in [4.69, 9.17) is 11.6 Å². The smallest absolute Gasteiger partial charge is 0.255 e. The van der Waals surface area contributed by atoms with E-state index in [9.17, 15) is 4.79 Å². The van der Waals surface area contributed by atoms with E-state index in [1.807, 2.05) is 25.1 Å². The summed E-state index contributed by atoms with van der Waals surface area (Å²) in [5.41, 5.74) is 4.41. The molecule has 2 N–H and O–H groups in total. The van der Waals surface area contributed by atoms with Gasteiger partial charge in [-0.25, -0.2) is 4.98 Å². The maximum atomic E-state index is 12.2. The number of aryl methyl sites for hydroxylation is 1. The minimum atomic E-state index is -0.148. The number of anilines is 2. The topological polar surface area (TPSA) is 54.0 Å². The van der Waals surface area contributed by atoms with Crippen molar-refractivity contribution in [3.8, 4) is 0 Å². The Morgan fingerprint density at radius 2 is 2.25 bits per heavy atom. The van der Waals surface area contributed by atoms with Gasteiger partial charge in [-0.1, -0.05) is 17.7 Å². The second-order valence-electron chi connectivity index (χ2n) is 4.83. The Hall–Kier alpha value is -2.07. The van der Waals surface area contributed by atoms with Crippen LogP contribution in [0.5, 0.6) is 0 Å². The van der Waals surface area contributed by atoms with Gasteiger partial charge in [0.05, 0.1) is 11.9 Å². The molecule has 4 nitrogen and oxygen atoms in total. The number of hydrogen-bond acceptors (Lipinski definition) is 3. The molecule has 20 heavy (non-hydrogen) atoms. The van der Waals surface area contributed by atoms with Crippen molar-refractivity contribution in [1.82, 2.24) is 4.98 Å². The molecule has 0 saturated carbocycles. The molecule has 1 aliphatic rings. The third-order valence-electron chi connectivity index (χ3n) is 3.35. The van der Waals surface area contributed by atoms with Gasteiger partial charge < -0.3 is 10.6 Å². The lowest BCUT2D eigenvalue weighted by atomic mass is 10.1. The first-order valence-corrected chi connectivity index (χ1v) is 6.81. The molecular weight excluding hydrogens is 274 g/mol. The lowest BCUT2D eigenvalue weighted by Gasteiger charge is -2.08. The van der Waals surface area contributed by atoms with Gasteiger partial charge in [0.2, 0.25) is 0 Å². The second kappa shape index (κ2) is 5.13. The Morgan fingerprint density at radius 1 is 1.40 bits per heavy atom. The van der Waals surface area contributed by atoms with Crippen molar-refractivity contribution < 1.29 is 4.79 Å². The van der Waals surface area contributed by atoms with Gasteiger partial charge in [0, 0.05) is 17.8 Å². The Labute approximate surface area is 122 Å². The normalized spacial score (nSPS) is 12.7. The van der Waals surface area contributed by atoms with Crippen LogP contribution in [0.3, 0.4) is 0 Å². The Kier molecular flexibility index (Phi) is 3.32. The molecule has 1 aliphatic heterocycles. The van der Waals surface area contributed by atoms with E-state index in [1.54, 1.807) is 12.3 Å². The SMILES string of the molecule is Cc1cc(NC(=O)c2ccc3c(c2)NCC3)cnc1Cl. The summed E-state index contributed by atoms with van der Waals surface area (Å²) in [5.74, 6) is -0.148. The fourth-order valence-electron chi connectivity index (χ4n) is 2.26. The molecule has 102 valence electrons. The van der Waals surface area contributed by atoms with Crippen LogP contribution in [0.1, 0.15) is 21.5 Å². The summed E-state index contributed by atoms with van der Waals surface area (Å²) >= 11 is 5.87. The van der Waals surface area contributed by atoms with Crippen molar-refractivity contribution in [2.24, 2.45) is 0 Å². The highest BCUT2D eigenvalue weighted by molar-refractivity contribution is 6.30. The lowest BCUT2D eigenvalue weighted by Crippen LogP contribution is -2.12. The zero-order valence-electron chi connectivity index (χ0n) is 11.0. The molecule has 0 saturated heterocycles. The molecule has 1 aromatic heterocycles. The third kappa shape index (κ3) is 2.47. The summed E-state index contributed by atoms with van der Waals surface area (Å²) in [5, 5.41) is 6.54. The zero-order chi connectivity index (χ0) is 14.1. The predicted molar refractivity (Wildman–Crippen MR) is 80.6 cm³/mol. The van der Waals surface area contributed by atoms with Gasteiger partial charge in [0.1, 0.15) is 5.15 Å². The Morgan fingerprint density at radius 3 is 3.05 bits per heavy atom. The van der Waals surface area contributed by atoms with Crippen LogP contribution in [-0.2, 0) is 6.42 Å². The molecule has 0 fully saturated rings. The molecule has 0 unspecified atom stereocenters. The van der Waals surface area contributed by atoms with E-state index >= 15 is 0 Å². The monoisotopic (exact) mass is 287 g/mol. The van der Waals surface area contributed by atoms with Crippen LogP contribution < -0.4 is 10.6 Å². The number of carbonyl (C=O) groups is 1. The highest BCUT2D eigenvalue weighted by atomic mass is 35.5. The number of benzene rings is 1. The van der Waals surface area contributed by atoms with Crippen LogP contribution in [0.25, 0.3) is 0 Å². The number of pyridine rings is 1. The molecule has 0 aliphatic carbocycles. The summed E-state index contributed by atoms with van der Waals surface area (Å²) in [4.78, 5) is 16.2. The lowest BCUT2D eigenvalue weighted by molar-refractivity contribution is 0.102. The minimum absolute atomic E-state index is 0.148. The van der Waals surface area contributed by atoms with Crippen molar-refractivity contribution >= 4 is 28.9 Å². The van der Waals surface area contributed by atoms with Crippen LogP contribution in [0, 0.1) is 6.92 Å². The van der Waals surface area contributed by atoms with Crippen LogP contribution in [0.15, 0.2) is 30.5 Å². The summed E-state index contributed by atoms with van der Waals surface area (Å²) in [6.07, 6.45) is 2.57. The molecule has 2 heterocycles. The molecule has 3 rings (SSSR count). The quantitative estimate of drug-likeness (QED) is 0.834. The highest BCUT2D eigenvalue weighted by Gasteiger charge is 2.13. The number of halogens is 1. The van der Waals surface area contributed by atoms with Crippen LogP contribution in [0.2, 0.25) is 5.15 Å². The molecule has 2 aromatic rings. The van der Waals surface area contributed by atoms with Gasteiger partial charge in [-0.15, -0.1) is 0 Å². The number of hydrogen-bond donors (Lipinski definition) is 2. The second-order valence-corrected chi connectivity index (χ2v) is 5.19. The molecule has 1 amide bonds. The van der Waals surface area contributed by atoms with Crippen LogP contribution in [0.4, 0.5) is 11.4 Å². The van der Waals surface area contributed by atoms with Crippen molar-refractivity contribution in [2.75, 3.05) is 17.2 Å². The summed E-state index contributed by atoms with van der Waals surface area (Å²) in [7, 11) is 0. The first-order chi connectivity index (χ1) is 9.63. The van der Waals surface area contributed by atoms with E-state index in [0.717, 1.165) is 24.2 Å². The fourth-order valence-corrected chi connectivity index (χ4v) is 2.37. The third-order valence-corrected chi connectivity index (χ3v) is 3.75. The number of nitrogens with zero attached hydrogens (tertiary/aromatic N) is 1. The number of aromatic nitrogens is 1. The van der Waals surface area contributed by atoms with Gasteiger partial charge in [-0.05, 0) is 42.7 Å². The van der Waals surface area contributed by atoms with Crippen molar-refractivity contribution in [1.29, 1.82) is 0 Å². The van der Waals surface area contributed by atoms with E-state index < -0.39 is 0 Å². The van der Waals surface area contributed by atoms with Crippen molar-refractivity contribution in [3.05, 3.63) is 52.3 Å². The number of carbonyl (C=O) groups excluding carboxylic acids is 1. The fraction of sp³-hybridized carbons (Fsp3) is 0.200. The summed E-state index contributed by atoms with van der Waals surface area (Å²) in [6.45, 7) is 2.78. The van der Waals surface area contributed by atoms with Crippen molar-refractivity contribution in [3.63, 3.8) is 0 Å². The van der Waals surface area contributed by atoms with Crippen LogP contribution in [-0.4, -0.2) is 17.4 Å². The van der Waals surface area contributed by atoms with E-state index in [-0.39, 0.29) is 5.91 Å². The number of nitrogens with one attached hydrogen (secondary N) is 2. The average molecular weight is 288 g/mol. The number of rotatable bonds is 2. The molecule has 1 aromatic carbocycles. The van der Waals surface area contributed by atoms with Gasteiger partial charge >= 0.3 is 0 Å². The standard InChI is InChI=1S/C15H14ClN3O/c1-9-6-12(8-18-14(9)16)19-15(20)11-3-2-10-4-5-17-13(10)7-11/h2-3,6-8,17H,4-5H2,1H3,(H,19,20). The maximum absolute atomic E-state index is 12.2. The Balaban J connectivity index is 1.80. The predicted octanol–water partition coefficient (Wildman–Crippen LogP) is 3.26. The summed E-state index contributed by atoms with van der Waals surface area (Å²) < 4.78 is 0. The molecule has 0 radical (unpaired) electrons. The largest absolute Gasteiger partial charge is 0.384 e. The molecule has 0 bridgehead atoms. The van der Waals surface area contributed by atoms with Gasteiger partial charge in [0.25, 0.3) is 5.91 Å². The van der Waals surface area contributed by atoms with Gasteiger partial charge in [-0.2, -0.15) is 0 Å². The Bertz CT molecular complexity index is 685. The van der Waals surface area contributed by atoms with Gasteiger partial charge in [0.15, 0.2) is 0 Å². The molecular formula is C15H14ClN3O. The average Bonchev–Trinajstić information content (AvgIpc) is 2.90. The maximum Gasteiger partial charge on any atom is 0.255 e. The van der Waals surface area contributed by atoms with Gasteiger partial charge in [-0.3, -0.25) is 4.79 Å². The highest BCUT2D eigenvalue weighted by Crippen LogP contribution is 2.24. The minimum Gasteiger partial charge on any atom is -0.384 e. The first kappa shape index (κ1) is 12.9. The van der Waals surface area contributed by atoms with E-state index in [2.05, 4.69) is 15.6 Å². The van der Waals surface area contributed by atoms with Crippen LogP contribution >= 0.6 is 11.6 Å². The number of amides is 1. The first-order valence-electron chi connectivity index (χ1n) is 6.44. The summed E-state index contributed by atoms with van der Waals surface area (Å²) in [6, 6.07) is 7.53. The molecule has 0 atom stereocenters. The number of fused-ring (bicyclic) bond motifs is 1. The zero-order valence-corrected chi connectivity index (χ0v) is 11.8. The van der Waals surface area contributed by atoms with E-state index in [1.165, 1.54) is 5.56 Å². The van der Waals surface area contributed by atoms with Crippen molar-refractivity contribution in [2.45, 2.75) is 13.3 Å². The molecule has 5 heteroatoms. The van der Waals surface area contributed by atoms with E-state index in [0.29, 0.717) is 16.4 Å².